The number of fused-ring (bicyclic) bond motifs is 1. The largest absolute Gasteiger partial charge is 0.494 e. The van der Waals surface area contributed by atoms with Crippen LogP contribution in [0.5, 0.6) is 5.75 Å². The molecular formula is C21H20ClN5O. The molecule has 142 valence electrons. The van der Waals surface area contributed by atoms with Crippen LogP contribution >= 0.6 is 11.6 Å². The maximum Gasteiger partial charge on any atom is 0.163 e. The number of allylic oxidation sites excluding steroid dienone is 1. The van der Waals surface area contributed by atoms with Crippen LogP contribution in [-0.4, -0.2) is 33.2 Å². The van der Waals surface area contributed by atoms with Crippen molar-refractivity contribution in [1.82, 2.24) is 15.0 Å². The first-order chi connectivity index (χ1) is 13.7. The monoisotopic (exact) mass is 393 g/mol. The molecule has 0 aliphatic carbocycles. The summed E-state index contributed by atoms with van der Waals surface area (Å²) in [7, 11) is 0. The molecule has 1 aliphatic heterocycles. The summed E-state index contributed by atoms with van der Waals surface area (Å²) in [6.45, 7) is 4.60. The molecule has 0 bridgehead atoms. The van der Waals surface area contributed by atoms with Crippen LogP contribution in [0.1, 0.15) is 13.8 Å². The van der Waals surface area contributed by atoms with Gasteiger partial charge >= 0.3 is 0 Å². The minimum Gasteiger partial charge on any atom is -0.494 e. The number of ether oxygens (including phenoxy) is 1. The van der Waals surface area contributed by atoms with Gasteiger partial charge in [-0.3, -0.25) is 9.98 Å². The Bertz CT molecular complexity index is 1050. The highest BCUT2D eigenvalue weighted by Crippen LogP contribution is 2.31. The second-order valence-electron chi connectivity index (χ2n) is 6.49. The van der Waals surface area contributed by atoms with Crippen molar-refractivity contribution < 1.29 is 4.74 Å². The fourth-order valence-corrected chi connectivity index (χ4v) is 3.19. The van der Waals surface area contributed by atoms with E-state index in [1.807, 2.05) is 37.3 Å². The van der Waals surface area contributed by atoms with Gasteiger partial charge in [0.25, 0.3) is 0 Å². The molecule has 2 unspecified atom stereocenters. The van der Waals surface area contributed by atoms with Gasteiger partial charge in [-0.05, 0) is 37.3 Å². The van der Waals surface area contributed by atoms with Gasteiger partial charge in [0.2, 0.25) is 0 Å². The molecule has 7 heteroatoms. The van der Waals surface area contributed by atoms with Crippen molar-refractivity contribution in [3.63, 3.8) is 0 Å². The Kier molecular flexibility index (Phi) is 5.21. The Morgan fingerprint density at radius 1 is 1.21 bits per heavy atom. The number of pyridine rings is 1. The van der Waals surface area contributed by atoms with Crippen molar-refractivity contribution in [1.29, 1.82) is 0 Å². The predicted molar refractivity (Wildman–Crippen MR) is 113 cm³/mol. The SMILES string of the molecule is CCOc1ccc2nc(-c3cccnc3)nc(NC3=CN=CC(Cl)C3C)c2c1. The van der Waals surface area contributed by atoms with Gasteiger partial charge in [0.1, 0.15) is 11.6 Å². The maximum absolute atomic E-state index is 6.35. The highest BCUT2D eigenvalue weighted by Gasteiger charge is 2.22. The molecule has 3 heterocycles. The molecule has 1 N–H and O–H groups in total. The van der Waals surface area contributed by atoms with E-state index in [0.717, 1.165) is 27.9 Å². The van der Waals surface area contributed by atoms with E-state index < -0.39 is 0 Å². The van der Waals surface area contributed by atoms with E-state index >= 15 is 0 Å². The van der Waals surface area contributed by atoms with Crippen LogP contribution in [-0.2, 0) is 0 Å². The number of rotatable bonds is 5. The van der Waals surface area contributed by atoms with E-state index in [4.69, 9.17) is 26.3 Å². The number of nitrogens with zero attached hydrogens (tertiary/aromatic N) is 4. The summed E-state index contributed by atoms with van der Waals surface area (Å²) >= 11 is 6.35. The van der Waals surface area contributed by atoms with Crippen molar-refractivity contribution in [3.8, 4) is 17.1 Å². The topological polar surface area (TPSA) is 72.3 Å². The summed E-state index contributed by atoms with van der Waals surface area (Å²) in [6.07, 6.45) is 7.00. The van der Waals surface area contributed by atoms with E-state index in [0.29, 0.717) is 18.2 Å². The summed E-state index contributed by atoms with van der Waals surface area (Å²) in [4.78, 5) is 17.9. The number of aliphatic imine (C=N–C) groups is 1. The van der Waals surface area contributed by atoms with Gasteiger partial charge < -0.3 is 10.1 Å². The molecule has 1 aromatic carbocycles. The van der Waals surface area contributed by atoms with Crippen LogP contribution in [0.15, 0.2) is 59.6 Å². The minimum absolute atomic E-state index is 0.0844. The standard InChI is InChI=1S/C21H20ClN5O/c1-3-28-15-6-7-18-16(9-15)21(26-19-12-24-11-17(22)13(19)2)27-20(25-18)14-5-4-8-23-10-14/h4-13,17H,3H2,1-2H3,(H,25,26,27). The molecule has 28 heavy (non-hydrogen) atoms. The number of benzene rings is 1. The molecule has 0 amide bonds. The number of halogens is 1. The Labute approximate surface area is 168 Å². The van der Waals surface area contributed by atoms with Crippen molar-refractivity contribution in [2.75, 3.05) is 11.9 Å². The average Bonchev–Trinajstić information content (AvgIpc) is 2.72. The third-order valence-corrected chi connectivity index (χ3v) is 5.06. The molecule has 0 fully saturated rings. The molecule has 0 saturated heterocycles. The first kappa shape index (κ1) is 18.4. The van der Waals surface area contributed by atoms with Gasteiger partial charge in [-0.25, -0.2) is 9.97 Å². The summed E-state index contributed by atoms with van der Waals surface area (Å²) in [5, 5.41) is 4.12. The highest BCUT2D eigenvalue weighted by atomic mass is 35.5. The molecule has 1 aliphatic rings. The Morgan fingerprint density at radius 2 is 2.11 bits per heavy atom. The zero-order chi connectivity index (χ0) is 19.5. The molecule has 4 rings (SSSR count). The molecule has 0 radical (unpaired) electrons. The van der Waals surface area contributed by atoms with E-state index in [-0.39, 0.29) is 11.3 Å². The molecule has 6 nitrogen and oxygen atoms in total. The van der Waals surface area contributed by atoms with Gasteiger partial charge in [0.05, 0.1) is 17.5 Å². The smallest absolute Gasteiger partial charge is 0.163 e. The fraction of sp³-hybridized carbons (Fsp3) is 0.238. The van der Waals surface area contributed by atoms with Crippen molar-refractivity contribution in [2.45, 2.75) is 19.2 Å². The zero-order valence-electron chi connectivity index (χ0n) is 15.6. The third kappa shape index (κ3) is 3.68. The summed E-state index contributed by atoms with van der Waals surface area (Å²) in [6, 6.07) is 9.61. The Hall–Kier alpha value is -2.99. The zero-order valence-corrected chi connectivity index (χ0v) is 16.4. The van der Waals surface area contributed by atoms with Crippen molar-refractivity contribution >= 4 is 34.5 Å². The van der Waals surface area contributed by atoms with Crippen LogP contribution in [0.4, 0.5) is 5.82 Å². The lowest BCUT2D eigenvalue weighted by molar-refractivity contribution is 0.340. The van der Waals surface area contributed by atoms with Crippen LogP contribution in [0.25, 0.3) is 22.3 Å². The summed E-state index contributed by atoms with van der Waals surface area (Å²) in [5.74, 6) is 2.14. The first-order valence-electron chi connectivity index (χ1n) is 9.15. The van der Waals surface area contributed by atoms with Crippen LogP contribution in [0, 0.1) is 5.92 Å². The molecule has 0 spiro atoms. The summed E-state index contributed by atoms with van der Waals surface area (Å²) in [5.41, 5.74) is 2.57. The predicted octanol–water partition coefficient (Wildman–Crippen LogP) is 4.67. The Morgan fingerprint density at radius 3 is 2.89 bits per heavy atom. The number of aromatic nitrogens is 3. The highest BCUT2D eigenvalue weighted by molar-refractivity contribution is 6.28. The molecular weight excluding hydrogens is 374 g/mol. The summed E-state index contributed by atoms with van der Waals surface area (Å²) < 4.78 is 5.66. The van der Waals surface area contributed by atoms with Crippen LogP contribution in [0.3, 0.4) is 0 Å². The lowest BCUT2D eigenvalue weighted by Gasteiger charge is -2.22. The van der Waals surface area contributed by atoms with Gasteiger partial charge in [-0.1, -0.05) is 6.92 Å². The van der Waals surface area contributed by atoms with E-state index in [2.05, 4.69) is 22.2 Å². The Balaban J connectivity index is 1.84. The van der Waals surface area contributed by atoms with Crippen LogP contribution < -0.4 is 10.1 Å². The molecule has 2 atom stereocenters. The van der Waals surface area contributed by atoms with Crippen molar-refractivity contribution in [2.24, 2.45) is 10.9 Å². The van der Waals surface area contributed by atoms with Crippen molar-refractivity contribution in [3.05, 3.63) is 54.6 Å². The number of hydrogen-bond donors (Lipinski definition) is 1. The second-order valence-corrected chi connectivity index (χ2v) is 6.99. The number of nitrogens with one attached hydrogen (secondary N) is 1. The van der Waals surface area contributed by atoms with Gasteiger partial charge in [-0.15, -0.1) is 11.6 Å². The quantitative estimate of drug-likeness (QED) is 0.637. The number of hydrogen-bond acceptors (Lipinski definition) is 6. The average molecular weight is 394 g/mol. The first-order valence-corrected chi connectivity index (χ1v) is 9.59. The van der Waals surface area contributed by atoms with Gasteiger partial charge in [0.15, 0.2) is 5.82 Å². The van der Waals surface area contributed by atoms with E-state index in [1.54, 1.807) is 24.8 Å². The lowest BCUT2D eigenvalue weighted by atomic mass is 10.0. The molecule has 2 aromatic heterocycles. The van der Waals surface area contributed by atoms with E-state index in [1.165, 1.54) is 0 Å². The fourth-order valence-electron chi connectivity index (χ4n) is 2.99. The lowest BCUT2D eigenvalue weighted by Crippen LogP contribution is -2.23. The van der Waals surface area contributed by atoms with E-state index in [9.17, 15) is 0 Å². The van der Waals surface area contributed by atoms with Crippen LogP contribution in [0.2, 0.25) is 0 Å². The minimum atomic E-state index is -0.169. The normalized spacial score (nSPS) is 18.8. The molecule has 0 saturated carbocycles. The van der Waals surface area contributed by atoms with Gasteiger partial charge in [-0.2, -0.15) is 0 Å². The second kappa shape index (κ2) is 7.94. The molecule has 3 aromatic rings. The number of anilines is 1. The maximum atomic E-state index is 6.35. The van der Waals surface area contributed by atoms with Gasteiger partial charge in [0, 0.05) is 47.4 Å². The number of alkyl halides is 1. The third-order valence-electron chi connectivity index (χ3n) is 4.57.